The first kappa shape index (κ1) is 28.6. The van der Waals surface area contributed by atoms with Crippen LogP contribution in [-0.4, -0.2) is 32.8 Å². The molecule has 2 aromatic carbocycles. The fourth-order valence-corrected chi connectivity index (χ4v) is 5.34. The minimum Gasteiger partial charge on any atom is -0.485 e. The average Bonchev–Trinajstić information content (AvgIpc) is 3.43. The molecule has 0 aliphatic heterocycles. The molecule has 0 saturated carbocycles. The predicted octanol–water partition coefficient (Wildman–Crippen LogP) is 7.33. The van der Waals surface area contributed by atoms with E-state index in [1.807, 2.05) is 58.2 Å². The molecule has 0 aliphatic rings. The number of carbonyl (C=O) groups excluding carboxylic acids is 1. The second-order valence-corrected chi connectivity index (χ2v) is 11.3. The number of halogens is 3. The van der Waals surface area contributed by atoms with Gasteiger partial charge in [-0.05, 0) is 76.3 Å². The molecule has 39 heavy (non-hydrogen) atoms. The molecule has 4 aromatic rings. The van der Waals surface area contributed by atoms with Crippen LogP contribution in [-0.2, 0) is 22.3 Å². The fraction of sp³-hybridized carbons (Fsp3) is 0.379. The van der Waals surface area contributed by atoms with Crippen molar-refractivity contribution >= 4 is 28.2 Å². The van der Waals surface area contributed by atoms with Crippen molar-refractivity contribution in [3.8, 4) is 16.3 Å². The van der Waals surface area contributed by atoms with E-state index in [-0.39, 0.29) is 19.1 Å². The number of aromatic nitrogens is 2. The lowest BCUT2D eigenvalue weighted by Crippen LogP contribution is -2.26. The molecular formula is C29H31F3N2O4S. The van der Waals surface area contributed by atoms with Gasteiger partial charge in [0.2, 0.25) is 0 Å². The van der Waals surface area contributed by atoms with Crippen molar-refractivity contribution in [3.05, 3.63) is 70.9 Å². The summed E-state index contributed by atoms with van der Waals surface area (Å²) in [5.74, 6) is 0.238. The molecular weight excluding hydrogens is 529 g/mol. The molecule has 10 heteroatoms. The van der Waals surface area contributed by atoms with Crippen LogP contribution >= 0.6 is 11.3 Å². The summed E-state index contributed by atoms with van der Waals surface area (Å²) >= 11 is 1.36. The van der Waals surface area contributed by atoms with Gasteiger partial charge in [-0.3, -0.25) is 4.79 Å². The van der Waals surface area contributed by atoms with Gasteiger partial charge in [-0.15, -0.1) is 11.3 Å². The summed E-state index contributed by atoms with van der Waals surface area (Å²) in [4.78, 5) is 17.8. The molecule has 0 spiro atoms. The Morgan fingerprint density at radius 3 is 2.46 bits per heavy atom. The number of aliphatic hydroxyl groups is 1. The van der Waals surface area contributed by atoms with E-state index >= 15 is 0 Å². The third kappa shape index (κ3) is 7.19. The van der Waals surface area contributed by atoms with E-state index in [0.29, 0.717) is 34.9 Å². The second-order valence-electron chi connectivity index (χ2n) is 10.3. The number of aliphatic hydroxyl groups excluding tert-OH is 1. The van der Waals surface area contributed by atoms with Crippen molar-refractivity contribution in [2.75, 3.05) is 6.61 Å². The zero-order chi connectivity index (χ0) is 28.4. The maximum atomic E-state index is 13.0. The number of ether oxygens (including phenoxy) is 2. The number of aryl methyl sites for hydroxylation is 1. The van der Waals surface area contributed by atoms with Crippen LogP contribution in [0.2, 0.25) is 0 Å². The number of nitrogens with zero attached hydrogens (tertiary/aromatic N) is 2. The highest BCUT2D eigenvalue weighted by molar-refractivity contribution is 7.15. The summed E-state index contributed by atoms with van der Waals surface area (Å²) in [5, 5.41) is 11.0. The topological polar surface area (TPSA) is 73.6 Å². The Balaban J connectivity index is 1.59. The molecule has 2 aromatic heterocycles. The lowest BCUT2D eigenvalue weighted by molar-refractivity contribution is -0.155. The summed E-state index contributed by atoms with van der Waals surface area (Å²) in [6.45, 7) is 7.35. The molecule has 1 N–H and O–H groups in total. The van der Waals surface area contributed by atoms with E-state index in [1.54, 1.807) is 4.57 Å². The van der Waals surface area contributed by atoms with Crippen LogP contribution in [0.1, 0.15) is 55.9 Å². The van der Waals surface area contributed by atoms with Crippen LogP contribution in [0.4, 0.5) is 13.2 Å². The molecule has 0 fully saturated rings. The third-order valence-electron chi connectivity index (χ3n) is 5.95. The highest BCUT2D eigenvalue weighted by atomic mass is 32.1. The van der Waals surface area contributed by atoms with Crippen molar-refractivity contribution in [2.45, 2.75) is 65.0 Å². The Hall–Kier alpha value is -3.37. The van der Waals surface area contributed by atoms with Crippen molar-refractivity contribution in [1.29, 1.82) is 0 Å². The second kappa shape index (κ2) is 11.4. The Kier molecular flexibility index (Phi) is 8.37. The molecule has 0 amide bonds. The van der Waals surface area contributed by atoms with Crippen molar-refractivity contribution in [2.24, 2.45) is 0 Å². The molecule has 0 bridgehead atoms. The van der Waals surface area contributed by atoms with Gasteiger partial charge in [0, 0.05) is 24.4 Å². The van der Waals surface area contributed by atoms with E-state index in [4.69, 9.17) is 9.47 Å². The van der Waals surface area contributed by atoms with E-state index in [2.05, 4.69) is 4.98 Å². The number of hydrogen-bond donors (Lipinski definition) is 1. The lowest BCUT2D eigenvalue weighted by Gasteiger charge is -2.20. The largest absolute Gasteiger partial charge is 0.485 e. The van der Waals surface area contributed by atoms with Crippen LogP contribution in [0.15, 0.2) is 54.7 Å². The molecule has 208 valence electrons. The van der Waals surface area contributed by atoms with Gasteiger partial charge in [0.15, 0.2) is 0 Å². The van der Waals surface area contributed by atoms with Gasteiger partial charge in [0.1, 0.15) is 29.0 Å². The number of hydrogen-bond acceptors (Lipinski definition) is 6. The van der Waals surface area contributed by atoms with E-state index in [1.165, 1.54) is 23.5 Å². The smallest absolute Gasteiger partial charge is 0.416 e. The Bertz CT molecular complexity index is 1440. The molecule has 1 unspecified atom stereocenters. The lowest BCUT2D eigenvalue weighted by atomic mass is 10.1. The third-order valence-corrected chi connectivity index (χ3v) is 7.25. The molecule has 0 aliphatic carbocycles. The number of alkyl halides is 3. The van der Waals surface area contributed by atoms with Crippen molar-refractivity contribution < 1.29 is 32.5 Å². The van der Waals surface area contributed by atoms with E-state index in [9.17, 15) is 23.1 Å². The number of fused-ring (bicyclic) bond motifs is 1. The zero-order valence-corrected chi connectivity index (χ0v) is 23.0. The van der Waals surface area contributed by atoms with E-state index in [0.717, 1.165) is 27.9 Å². The Labute approximate surface area is 229 Å². The minimum atomic E-state index is -4.40. The summed E-state index contributed by atoms with van der Waals surface area (Å²) in [7, 11) is 0. The SMILES string of the molecule is Cc1nc(-c2ccc(C(F)(F)F)cc2)sc1C(CCCO)Oc1ccc2ccn(CC(=O)OC(C)(C)C)c2c1. The first-order chi connectivity index (χ1) is 18.3. The van der Waals surface area contributed by atoms with Gasteiger partial charge in [0.25, 0.3) is 0 Å². The molecule has 0 radical (unpaired) electrons. The first-order valence-corrected chi connectivity index (χ1v) is 13.4. The standard InChI is InChI=1S/C29H31F3N2O4S/c1-18-26(39-27(33-18)20-7-10-21(11-8-20)29(30,31)32)24(6-5-15-35)37-22-12-9-19-13-14-34(23(19)16-22)17-25(36)38-28(2,3)4/h7-14,16,24,35H,5-6,15,17H2,1-4H3. The summed E-state index contributed by atoms with van der Waals surface area (Å²) in [6.07, 6.45) is -1.99. The average molecular weight is 561 g/mol. The highest BCUT2D eigenvalue weighted by Gasteiger charge is 2.30. The molecule has 4 rings (SSSR count). The summed E-state index contributed by atoms with van der Waals surface area (Å²) < 4.78 is 52.6. The monoisotopic (exact) mass is 560 g/mol. The van der Waals surface area contributed by atoms with Crippen molar-refractivity contribution in [3.63, 3.8) is 0 Å². The molecule has 2 heterocycles. The van der Waals surface area contributed by atoms with Crippen LogP contribution in [0.5, 0.6) is 5.75 Å². The normalized spacial score (nSPS) is 13.0. The van der Waals surface area contributed by atoms with Crippen LogP contribution in [0, 0.1) is 6.92 Å². The number of rotatable bonds is 9. The first-order valence-electron chi connectivity index (χ1n) is 12.6. The van der Waals surface area contributed by atoms with E-state index < -0.39 is 23.4 Å². The molecule has 1 atom stereocenters. The van der Waals surface area contributed by atoms with Gasteiger partial charge in [-0.25, -0.2) is 4.98 Å². The summed E-state index contributed by atoms with van der Waals surface area (Å²) in [6, 6.07) is 12.5. The number of esters is 1. The van der Waals surface area contributed by atoms with Gasteiger partial charge >= 0.3 is 12.1 Å². The van der Waals surface area contributed by atoms with Crippen molar-refractivity contribution in [1.82, 2.24) is 9.55 Å². The summed E-state index contributed by atoms with van der Waals surface area (Å²) in [5.41, 5.74) is 0.818. The predicted molar refractivity (Wildman–Crippen MR) is 145 cm³/mol. The highest BCUT2D eigenvalue weighted by Crippen LogP contribution is 2.38. The maximum Gasteiger partial charge on any atom is 0.416 e. The van der Waals surface area contributed by atoms with Gasteiger partial charge in [-0.1, -0.05) is 12.1 Å². The van der Waals surface area contributed by atoms with Crippen LogP contribution in [0.3, 0.4) is 0 Å². The number of thiazole rings is 1. The van der Waals surface area contributed by atoms with Crippen LogP contribution in [0.25, 0.3) is 21.5 Å². The van der Waals surface area contributed by atoms with Gasteiger partial charge in [0.05, 0.1) is 21.7 Å². The quantitative estimate of drug-likeness (QED) is 0.217. The van der Waals surface area contributed by atoms with Gasteiger partial charge < -0.3 is 19.1 Å². The minimum absolute atomic E-state index is 0.0127. The Morgan fingerprint density at radius 1 is 1.10 bits per heavy atom. The van der Waals surface area contributed by atoms with Crippen LogP contribution < -0.4 is 4.74 Å². The number of carbonyl (C=O) groups is 1. The Morgan fingerprint density at radius 2 is 1.82 bits per heavy atom. The number of benzene rings is 2. The van der Waals surface area contributed by atoms with Gasteiger partial charge in [-0.2, -0.15) is 13.2 Å². The maximum absolute atomic E-state index is 13.0. The fourth-order valence-electron chi connectivity index (χ4n) is 4.20. The molecule has 6 nitrogen and oxygen atoms in total. The molecule has 0 saturated heterocycles. The zero-order valence-electron chi connectivity index (χ0n) is 22.2.